The molecular formula is C40H69N3O7S. The van der Waals surface area contributed by atoms with Crippen LogP contribution >= 0.6 is 11.8 Å². The van der Waals surface area contributed by atoms with Crippen LogP contribution in [0.1, 0.15) is 118 Å². The van der Waals surface area contributed by atoms with Gasteiger partial charge in [0, 0.05) is 19.5 Å². The first-order valence-electron chi connectivity index (χ1n) is 20.1. The van der Waals surface area contributed by atoms with Gasteiger partial charge in [-0.05, 0) is 104 Å². The number of alkyl carbamates (subject to hydrolysis) is 1. The summed E-state index contributed by atoms with van der Waals surface area (Å²) in [7, 11) is 0. The molecule has 1 saturated heterocycles. The number of thioether (sulfide) groups is 1. The molecule has 51 heavy (non-hydrogen) atoms. The molecule has 1 amide bonds. The van der Waals surface area contributed by atoms with Gasteiger partial charge in [0.1, 0.15) is 41.8 Å². The topological polar surface area (TPSA) is 167 Å². The summed E-state index contributed by atoms with van der Waals surface area (Å²) in [4.78, 5) is 17.1. The summed E-state index contributed by atoms with van der Waals surface area (Å²) in [5.74, 6) is 5.54. The van der Waals surface area contributed by atoms with Gasteiger partial charge in [-0.1, -0.05) is 65.5 Å². The number of unbranched alkanes of at least 4 members (excludes halogenated alkanes) is 1. The molecule has 0 radical (unpaired) electrons. The van der Waals surface area contributed by atoms with Crippen LogP contribution in [0.5, 0.6) is 0 Å². The van der Waals surface area contributed by atoms with Gasteiger partial charge in [0.2, 0.25) is 0 Å². The number of fused-ring (bicyclic) bond motifs is 5. The summed E-state index contributed by atoms with van der Waals surface area (Å²) in [5.41, 5.74) is 7.45. The minimum Gasteiger partial charge on any atom is -0.446 e. The van der Waals surface area contributed by atoms with Crippen molar-refractivity contribution in [2.24, 2.45) is 57.1 Å². The number of nitrogens with zero attached hydrogens (tertiary/aromatic N) is 1. The molecule has 1 heterocycles. The average molecular weight is 736 g/mol. The first kappa shape index (κ1) is 40.8. The predicted octanol–water partition coefficient (Wildman–Crippen LogP) is 5.79. The van der Waals surface area contributed by atoms with Crippen LogP contribution in [0.25, 0.3) is 0 Å². The van der Waals surface area contributed by atoms with Gasteiger partial charge in [0.25, 0.3) is 0 Å². The quantitative estimate of drug-likeness (QED) is 0.0528. The summed E-state index contributed by atoms with van der Waals surface area (Å²) in [6.07, 6.45) is 12.3. The highest BCUT2D eigenvalue weighted by atomic mass is 32.2. The van der Waals surface area contributed by atoms with Crippen LogP contribution < -0.4 is 11.1 Å². The second-order valence-corrected chi connectivity index (χ2v) is 18.7. The largest absolute Gasteiger partial charge is 0.446 e. The lowest BCUT2D eigenvalue weighted by Gasteiger charge is -2.58. The number of aliphatic hydroxyl groups excluding tert-OH is 4. The summed E-state index contributed by atoms with van der Waals surface area (Å²) in [5, 5.41) is 42.3. The highest BCUT2D eigenvalue weighted by molar-refractivity contribution is 8.00. The van der Waals surface area contributed by atoms with Crippen LogP contribution in [0.2, 0.25) is 0 Å². The maximum Gasteiger partial charge on any atom is 0.407 e. The van der Waals surface area contributed by atoms with Gasteiger partial charge in [-0.3, -0.25) is 4.99 Å². The first-order valence-corrected chi connectivity index (χ1v) is 21.2. The van der Waals surface area contributed by atoms with Crippen LogP contribution in [-0.2, 0) is 9.47 Å². The van der Waals surface area contributed by atoms with E-state index in [1.807, 2.05) is 0 Å². The molecule has 292 valence electrons. The van der Waals surface area contributed by atoms with E-state index in [4.69, 9.17) is 15.2 Å². The summed E-state index contributed by atoms with van der Waals surface area (Å²) < 4.78 is 11.4. The fourth-order valence-corrected chi connectivity index (χ4v) is 12.0. The van der Waals surface area contributed by atoms with Crippen molar-refractivity contribution >= 4 is 23.7 Å². The second kappa shape index (κ2) is 17.8. The number of aliphatic imine (C=N–C) groups is 1. The number of nitrogens with one attached hydrogen (secondary N) is 1. The van der Waals surface area contributed by atoms with Crippen LogP contribution in [0.4, 0.5) is 4.79 Å². The predicted molar refractivity (Wildman–Crippen MR) is 203 cm³/mol. The number of nitrogens with two attached hydrogens (primary N) is 1. The van der Waals surface area contributed by atoms with E-state index in [0.717, 1.165) is 79.4 Å². The molecule has 4 fully saturated rings. The first-order chi connectivity index (χ1) is 24.3. The molecule has 0 aromatic carbocycles. The van der Waals surface area contributed by atoms with E-state index in [0.29, 0.717) is 24.3 Å². The summed E-state index contributed by atoms with van der Waals surface area (Å²) >= 11 is 1.16. The van der Waals surface area contributed by atoms with E-state index in [2.05, 4.69) is 51.0 Å². The molecule has 3 saturated carbocycles. The molecule has 5 aliphatic rings. The third-order valence-corrected chi connectivity index (χ3v) is 15.1. The number of allylic oxidation sites excluding steroid dienone is 1. The van der Waals surface area contributed by atoms with Gasteiger partial charge in [-0.15, -0.1) is 11.8 Å². The van der Waals surface area contributed by atoms with Gasteiger partial charge in [-0.25, -0.2) is 4.79 Å². The number of hydrogen-bond donors (Lipinski definition) is 6. The molecule has 0 spiro atoms. The third-order valence-electron chi connectivity index (χ3n) is 13.9. The normalized spacial score (nSPS) is 40.2. The zero-order valence-electron chi connectivity index (χ0n) is 32.0. The molecule has 13 atom stereocenters. The standard InChI is InChI=1S/C40H69N3O7S/c1-24(2)9-8-10-25(3)29-13-14-30-28-12-11-26-21-27(15-17-39(26,4)31(28)16-18-40(29,30)5)49-38(48)43-20-7-6-19-42-33(41)23-51-37-36(47)35(46)34(45)32(22-44)50-37/h11,24-25,27-32,34-37,44-47H,6-10,12-23H2,1-5H3,(H2,41,42)(H,43,48)/t25-,27?,28+,29-,30+,31+,32-,34+,35+,36-,37+,39+,40-/m1/s1. The van der Waals surface area contributed by atoms with E-state index in [9.17, 15) is 25.2 Å². The van der Waals surface area contributed by atoms with E-state index in [-0.39, 0.29) is 23.4 Å². The molecule has 0 aromatic heterocycles. The van der Waals surface area contributed by atoms with Crippen LogP contribution in [-0.4, -0.2) is 93.8 Å². The van der Waals surface area contributed by atoms with E-state index in [1.54, 1.807) is 0 Å². The van der Waals surface area contributed by atoms with Crippen molar-refractivity contribution in [3.8, 4) is 0 Å². The third kappa shape index (κ3) is 9.30. The maximum atomic E-state index is 12.7. The number of hydrogen-bond acceptors (Lipinski definition) is 9. The van der Waals surface area contributed by atoms with Crippen molar-refractivity contribution in [1.82, 2.24) is 5.32 Å². The van der Waals surface area contributed by atoms with E-state index < -0.39 is 36.5 Å². The Morgan fingerprint density at radius 1 is 1.04 bits per heavy atom. The van der Waals surface area contributed by atoms with Gasteiger partial charge >= 0.3 is 6.09 Å². The Morgan fingerprint density at radius 2 is 1.82 bits per heavy atom. The zero-order valence-corrected chi connectivity index (χ0v) is 32.8. The molecular weight excluding hydrogens is 667 g/mol. The molecule has 0 bridgehead atoms. The zero-order chi connectivity index (χ0) is 36.9. The van der Waals surface area contributed by atoms with Gasteiger partial charge in [0.15, 0.2) is 0 Å². The Hall–Kier alpha value is -1.37. The van der Waals surface area contributed by atoms with E-state index in [1.165, 1.54) is 56.9 Å². The Balaban J connectivity index is 1.01. The summed E-state index contributed by atoms with van der Waals surface area (Å²) in [6, 6.07) is 0. The van der Waals surface area contributed by atoms with Gasteiger partial charge < -0.3 is 41.0 Å². The fraction of sp³-hybridized carbons (Fsp3) is 0.900. The number of amides is 1. The van der Waals surface area contributed by atoms with Gasteiger partial charge in [-0.2, -0.15) is 0 Å². The van der Waals surface area contributed by atoms with Crippen molar-refractivity contribution in [3.05, 3.63) is 11.6 Å². The number of aliphatic hydroxyl groups is 4. The maximum absolute atomic E-state index is 12.7. The minimum atomic E-state index is -1.41. The van der Waals surface area contributed by atoms with Crippen molar-refractivity contribution in [2.45, 2.75) is 154 Å². The smallest absolute Gasteiger partial charge is 0.407 e. The lowest BCUT2D eigenvalue weighted by atomic mass is 9.47. The van der Waals surface area contributed by atoms with Crippen molar-refractivity contribution in [2.75, 3.05) is 25.4 Å². The highest BCUT2D eigenvalue weighted by Gasteiger charge is 2.59. The van der Waals surface area contributed by atoms with Crippen LogP contribution in [0, 0.1) is 46.3 Å². The molecule has 0 aromatic rings. The molecule has 10 nitrogen and oxygen atoms in total. The lowest BCUT2D eigenvalue weighted by Crippen LogP contribution is -2.57. The summed E-state index contributed by atoms with van der Waals surface area (Å²) in [6.45, 7) is 13.0. The Bertz CT molecular complexity index is 1220. The molecule has 1 aliphatic heterocycles. The molecule has 7 N–H and O–H groups in total. The van der Waals surface area contributed by atoms with Crippen molar-refractivity contribution < 1.29 is 34.7 Å². The molecule has 5 rings (SSSR count). The number of rotatable bonds is 15. The highest BCUT2D eigenvalue weighted by Crippen LogP contribution is 2.67. The molecule has 4 aliphatic carbocycles. The van der Waals surface area contributed by atoms with Crippen molar-refractivity contribution in [3.63, 3.8) is 0 Å². The SMILES string of the molecule is CC(C)CCC[C@@H](C)[C@H]1CC[C@H]2[C@@H]3CC=C4CC(OC(=O)NCCCCN=C(N)CS[C@@H]5O[C@H](CO)[C@H](O)[C@H](O)[C@H]5O)CC[C@]4(C)[C@H]3CC[C@]12C. The number of amidine groups is 1. The Morgan fingerprint density at radius 3 is 2.57 bits per heavy atom. The van der Waals surface area contributed by atoms with E-state index >= 15 is 0 Å². The van der Waals surface area contributed by atoms with Gasteiger partial charge in [0.05, 0.1) is 12.4 Å². The molecule has 11 heteroatoms. The van der Waals surface area contributed by atoms with Crippen molar-refractivity contribution in [1.29, 1.82) is 0 Å². The number of ether oxygens (including phenoxy) is 2. The second-order valence-electron chi connectivity index (χ2n) is 17.6. The Labute approximate surface area is 311 Å². The average Bonchev–Trinajstić information content (AvgIpc) is 3.45. The minimum absolute atomic E-state index is 0.0668. The number of carbonyl (C=O) groups is 1. The van der Waals surface area contributed by atoms with Crippen LogP contribution in [0.3, 0.4) is 0 Å². The monoisotopic (exact) mass is 735 g/mol. The fourth-order valence-electron chi connectivity index (χ4n) is 11.0. The Kier molecular flexibility index (Phi) is 14.3. The number of carbonyl (C=O) groups excluding carboxylic acids is 1. The van der Waals surface area contributed by atoms with Crippen LogP contribution in [0.15, 0.2) is 16.6 Å². The molecule has 1 unspecified atom stereocenters. The lowest BCUT2D eigenvalue weighted by molar-refractivity contribution is -0.205.